The minimum Gasteiger partial charge on any atom is -0.464 e. The molecule has 0 saturated carbocycles. The highest BCUT2D eigenvalue weighted by Gasteiger charge is 2.43. The van der Waals surface area contributed by atoms with Crippen molar-refractivity contribution in [3.8, 4) is 0 Å². The monoisotopic (exact) mass is 449 g/mol. The Kier molecular flexibility index (Phi) is 6.93. The third-order valence-electron chi connectivity index (χ3n) is 4.99. The zero-order chi connectivity index (χ0) is 19.4. The quantitative estimate of drug-likeness (QED) is 0.456. The van der Waals surface area contributed by atoms with Gasteiger partial charge in [-0.15, -0.1) is 0 Å². The van der Waals surface area contributed by atoms with Gasteiger partial charge in [0.15, 0.2) is 5.78 Å². The van der Waals surface area contributed by atoms with E-state index in [-0.39, 0.29) is 17.7 Å². The van der Waals surface area contributed by atoms with Gasteiger partial charge >= 0.3 is 5.97 Å². The Morgan fingerprint density at radius 1 is 1.30 bits per heavy atom. The molecule has 2 aliphatic rings. The van der Waals surface area contributed by atoms with Crippen LogP contribution in [-0.4, -0.2) is 35.6 Å². The third kappa shape index (κ3) is 4.54. The fourth-order valence-corrected chi connectivity index (χ4v) is 4.53. The van der Waals surface area contributed by atoms with Crippen LogP contribution in [0.25, 0.3) is 0 Å². The SMILES string of the molecule is CCSCCOC(=O)C1C(C)=NC2=C(C(=O)CCC2)[C@H]1c1ccc(Br)cc1. The zero-order valence-corrected chi connectivity index (χ0v) is 18.1. The molecule has 1 aromatic rings. The van der Waals surface area contributed by atoms with Gasteiger partial charge in [0, 0.05) is 39.5 Å². The maximum atomic E-state index is 12.9. The summed E-state index contributed by atoms with van der Waals surface area (Å²) in [5, 5.41) is 0. The highest BCUT2D eigenvalue weighted by atomic mass is 79.9. The number of hydrogen-bond donors (Lipinski definition) is 0. The second-order valence-electron chi connectivity index (χ2n) is 6.76. The lowest BCUT2D eigenvalue weighted by atomic mass is 9.72. The third-order valence-corrected chi connectivity index (χ3v) is 6.39. The van der Waals surface area contributed by atoms with Crippen LogP contribution in [0.3, 0.4) is 0 Å². The number of carbonyl (C=O) groups excluding carboxylic acids is 2. The van der Waals surface area contributed by atoms with Crippen molar-refractivity contribution in [1.82, 2.24) is 0 Å². The number of allylic oxidation sites excluding steroid dienone is 2. The topological polar surface area (TPSA) is 55.7 Å². The number of hydrogen-bond acceptors (Lipinski definition) is 5. The molecule has 1 aliphatic carbocycles. The molecule has 0 radical (unpaired) electrons. The summed E-state index contributed by atoms with van der Waals surface area (Å²) in [6.07, 6.45) is 2.14. The molecule has 27 heavy (non-hydrogen) atoms. The summed E-state index contributed by atoms with van der Waals surface area (Å²) in [5.74, 6) is 0.739. The molecule has 0 fully saturated rings. The van der Waals surface area contributed by atoms with E-state index in [4.69, 9.17) is 4.74 Å². The largest absolute Gasteiger partial charge is 0.464 e. The van der Waals surface area contributed by atoms with Gasteiger partial charge in [-0.3, -0.25) is 14.6 Å². The number of ketones is 1. The van der Waals surface area contributed by atoms with Crippen molar-refractivity contribution < 1.29 is 14.3 Å². The second kappa shape index (κ2) is 9.20. The molecule has 2 atom stereocenters. The van der Waals surface area contributed by atoms with Crippen LogP contribution < -0.4 is 0 Å². The lowest BCUT2D eigenvalue weighted by molar-refractivity contribution is -0.145. The van der Waals surface area contributed by atoms with Crippen LogP contribution >= 0.6 is 27.7 Å². The number of halogens is 1. The lowest BCUT2D eigenvalue weighted by Crippen LogP contribution is -2.37. The summed E-state index contributed by atoms with van der Waals surface area (Å²) in [5.41, 5.74) is 3.26. The number of esters is 1. The van der Waals surface area contributed by atoms with Gasteiger partial charge in [-0.05, 0) is 43.2 Å². The van der Waals surface area contributed by atoms with E-state index in [2.05, 4.69) is 27.8 Å². The molecule has 0 spiro atoms. The number of carbonyl (C=O) groups is 2. The van der Waals surface area contributed by atoms with Crippen molar-refractivity contribution in [2.45, 2.75) is 39.0 Å². The average Bonchev–Trinajstić information content (AvgIpc) is 2.65. The molecular weight excluding hydrogens is 426 g/mol. The molecule has 0 bridgehead atoms. The Hall–Kier alpha value is -1.40. The van der Waals surface area contributed by atoms with Gasteiger partial charge in [-0.2, -0.15) is 11.8 Å². The fourth-order valence-electron chi connectivity index (χ4n) is 3.78. The normalized spacial score (nSPS) is 22.3. The van der Waals surface area contributed by atoms with Gasteiger partial charge < -0.3 is 4.74 Å². The Bertz CT molecular complexity index is 785. The number of benzene rings is 1. The number of ether oxygens (including phenoxy) is 1. The van der Waals surface area contributed by atoms with Gasteiger partial charge in [-0.1, -0.05) is 35.0 Å². The minimum atomic E-state index is -0.543. The molecule has 1 aliphatic heterocycles. The van der Waals surface area contributed by atoms with E-state index in [1.165, 1.54) is 0 Å². The maximum Gasteiger partial charge on any atom is 0.315 e. The first-order valence-corrected chi connectivity index (χ1v) is 11.3. The van der Waals surface area contributed by atoms with Crippen molar-refractivity contribution >= 4 is 45.2 Å². The molecule has 0 N–H and O–H groups in total. The van der Waals surface area contributed by atoms with Gasteiger partial charge in [0.1, 0.15) is 12.5 Å². The predicted octanol–water partition coefficient (Wildman–Crippen LogP) is 4.93. The fraction of sp³-hybridized carbons (Fsp3) is 0.476. The number of thioether (sulfide) groups is 1. The van der Waals surface area contributed by atoms with Crippen LogP contribution in [0.4, 0.5) is 0 Å². The number of rotatable bonds is 6. The van der Waals surface area contributed by atoms with Gasteiger partial charge in [0.25, 0.3) is 0 Å². The van der Waals surface area contributed by atoms with Crippen LogP contribution in [0, 0.1) is 5.92 Å². The van der Waals surface area contributed by atoms with Crippen LogP contribution in [-0.2, 0) is 14.3 Å². The Morgan fingerprint density at radius 2 is 2.04 bits per heavy atom. The standard InChI is InChI=1S/C21H24BrNO3S/c1-3-27-12-11-26-21(25)18-13(2)23-16-5-4-6-17(24)20(16)19(18)14-7-9-15(22)10-8-14/h7-10,18-19H,3-6,11-12H2,1-2H3/t18?,19-/m0/s1. The van der Waals surface area contributed by atoms with Crippen molar-refractivity contribution in [3.05, 3.63) is 45.6 Å². The molecule has 0 amide bonds. The minimum absolute atomic E-state index is 0.111. The molecule has 0 saturated heterocycles. The predicted molar refractivity (Wildman–Crippen MR) is 113 cm³/mol. The Morgan fingerprint density at radius 3 is 2.74 bits per heavy atom. The summed E-state index contributed by atoms with van der Waals surface area (Å²) >= 11 is 5.20. The molecule has 1 aromatic carbocycles. The van der Waals surface area contributed by atoms with Crippen LogP contribution in [0.1, 0.15) is 44.6 Å². The summed E-state index contributed by atoms with van der Waals surface area (Å²) in [7, 11) is 0. The molecular formula is C21H24BrNO3S. The summed E-state index contributed by atoms with van der Waals surface area (Å²) in [6.45, 7) is 4.34. The zero-order valence-electron chi connectivity index (χ0n) is 15.7. The first-order chi connectivity index (χ1) is 13.0. The average molecular weight is 450 g/mol. The molecule has 3 rings (SSSR count). The van der Waals surface area contributed by atoms with Gasteiger partial charge in [0.2, 0.25) is 0 Å². The van der Waals surface area contributed by atoms with E-state index >= 15 is 0 Å². The highest BCUT2D eigenvalue weighted by molar-refractivity contribution is 9.10. The van der Waals surface area contributed by atoms with E-state index in [0.717, 1.165) is 45.8 Å². The molecule has 1 heterocycles. The summed E-state index contributed by atoms with van der Waals surface area (Å²) in [6, 6.07) is 7.86. The first kappa shape index (κ1) is 20.3. The Labute approximate surface area is 173 Å². The summed E-state index contributed by atoms with van der Waals surface area (Å²) < 4.78 is 6.53. The molecule has 144 valence electrons. The van der Waals surface area contributed by atoms with Crippen molar-refractivity contribution in [2.75, 3.05) is 18.1 Å². The Balaban J connectivity index is 1.96. The smallest absolute Gasteiger partial charge is 0.315 e. The van der Waals surface area contributed by atoms with Crippen molar-refractivity contribution in [1.29, 1.82) is 0 Å². The van der Waals surface area contributed by atoms with E-state index < -0.39 is 5.92 Å². The molecule has 1 unspecified atom stereocenters. The van der Waals surface area contributed by atoms with Gasteiger partial charge in [0.05, 0.1) is 0 Å². The van der Waals surface area contributed by atoms with Crippen LogP contribution in [0.15, 0.2) is 45.0 Å². The molecule has 6 heteroatoms. The van der Waals surface area contributed by atoms with Crippen LogP contribution in [0.2, 0.25) is 0 Å². The summed E-state index contributed by atoms with van der Waals surface area (Å²) in [4.78, 5) is 30.4. The number of nitrogens with zero attached hydrogens (tertiary/aromatic N) is 1. The van der Waals surface area contributed by atoms with E-state index in [1.54, 1.807) is 11.8 Å². The molecule has 4 nitrogen and oxygen atoms in total. The van der Waals surface area contributed by atoms with Crippen LogP contribution in [0.5, 0.6) is 0 Å². The maximum absolute atomic E-state index is 12.9. The number of aliphatic imine (C=N–C) groups is 1. The molecule has 0 aromatic heterocycles. The second-order valence-corrected chi connectivity index (χ2v) is 9.07. The highest BCUT2D eigenvalue weighted by Crippen LogP contribution is 2.43. The van der Waals surface area contributed by atoms with Gasteiger partial charge in [-0.25, -0.2) is 0 Å². The van der Waals surface area contributed by atoms with E-state index in [9.17, 15) is 9.59 Å². The van der Waals surface area contributed by atoms with Crippen molar-refractivity contribution in [2.24, 2.45) is 10.9 Å². The van der Waals surface area contributed by atoms with Crippen molar-refractivity contribution in [3.63, 3.8) is 0 Å². The number of Topliss-reactive ketones (excluding diaryl/α,β-unsaturated/α-hetero) is 1. The lowest BCUT2D eigenvalue weighted by Gasteiger charge is -2.34. The van der Waals surface area contributed by atoms with E-state index in [1.807, 2.05) is 31.2 Å². The van der Waals surface area contributed by atoms with E-state index in [0.29, 0.717) is 18.6 Å². The first-order valence-electron chi connectivity index (χ1n) is 9.34.